The van der Waals surface area contributed by atoms with Crippen molar-refractivity contribution in [1.82, 2.24) is 15.1 Å². The van der Waals surface area contributed by atoms with Crippen LogP contribution < -0.4 is 10.1 Å². The second-order valence-corrected chi connectivity index (χ2v) is 8.12. The third-order valence-electron chi connectivity index (χ3n) is 5.25. The third-order valence-corrected chi connectivity index (χ3v) is 5.48. The van der Waals surface area contributed by atoms with Crippen molar-refractivity contribution in [2.75, 3.05) is 33.2 Å². The average molecular weight is 416 g/mol. The van der Waals surface area contributed by atoms with E-state index in [0.29, 0.717) is 28.9 Å². The summed E-state index contributed by atoms with van der Waals surface area (Å²) in [5, 5.41) is 3.78. The number of hydrogen-bond acceptors (Lipinski definition) is 4. The molecule has 0 saturated carbocycles. The van der Waals surface area contributed by atoms with E-state index in [2.05, 4.69) is 24.1 Å². The first kappa shape index (κ1) is 21.6. The first-order valence-corrected chi connectivity index (χ1v) is 10.6. The Balaban J connectivity index is 1.77. The Morgan fingerprint density at radius 3 is 2.69 bits per heavy atom. The zero-order chi connectivity index (χ0) is 20.8. The van der Waals surface area contributed by atoms with Gasteiger partial charge in [0.1, 0.15) is 11.5 Å². The highest BCUT2D eigenvalue weighted by Crippen LogP contribution is 2.28. The van der Waals surface area contributed by atoms with Crippen molar-refractivity contribution in [2.24, 2.45) is 0 Å². The largest absolute Gasteiger partial charge is 0.457 e. The summed E-state index contributed by atoms with van der Waals surface area (Å²) in [5.74, 6) is 1.48. The second-order valence-electron chi connectivity index (χ2n) is 7.69. The zero-order valence-corrected chi connectivity index (χ0v) is 18.2. The van der Waals surface area contributed by atoms with Crippen LogP contribution in [-0.4, -0.2) is 55.0 Å². The summed E-state index contributed by atoms with van der Waals surface area (Å²) in [6.07, 6.45) is 1.00. The van der Waals surface area contributed by atoms with Crippen molar-refractivity contribution in [3.8, 4) is 11.5 Å². The average Bonchev–Trinajstić information content (AvgIpc) is 2.95. The summed E-state index contributed by atoms with van der Waals surface area (Å²) >= 11 is 6.06. The predicted octanol–water partition coefficient (Wildman–Crippen LogP) is 4.41. The zero-order valence-electron chi connectivity index (χ0n) is 17.5. The lowest BCUT2D eigenvalue weighted by molar-refractivity contribution is 0.0759. The summed E-state index contributed by atoms with van der Waals surface area (Å²) < 4.78 is 6.03. The molecular weight excluding hydrogens is 386 g/mol. The molecule has 0 atom stereocenters. The molecule has 1 saturated heterocycles. The number of hydrogen-bond donors (Lipinski definition) is 1. The first-order valence-electron chi connectivity index (χ1n) is 10.2. The van der Waals surface area contributed by atoms with Gasteiger partial charge in [0.2, 0.25) is 0 Å². The van der Waals surface area contributed by atoms with Gasteiger partial charge in [0.05, 0.1) is 0 Å². The molecule has 1 N–H and O–H groups in total. The third kappa shape index (κ3) is 5.72. The smallest absolute Gasteiger partial charge is 0.253 e. The van der Waals surface area contributed by atoms with Crippen molar-refractivity contribution in [2.45, 2.75) is 32.9 Å². The summed E-state index contributed by atoms with van der Waals surface area (Å²) in [6.45, 7) is 8.55. The topological polar surface area (TPSA) is 44.8 Å². The van der Waals surface area contributed by atoms with Gasteiger partial charge in [0.15, 0.2) is 0 Å². The highest BCUT2D eigenvalue weighted by Gasteiger charge is 2.22. The first-order chi connectivity index (χ1) is 14.0. The van der Waals surface area contributed by atoms with E-state index in [-0.39, 0.29) is 5.91 Å². The number of benzene rings is 2. The van der Waals surface area contributed by atoms with Crippen LogP contribution in [0.2, 0.25) is 5.02 Å². The summed E-state index contributed by atoms with van der Waals surface area (Å²) in [4.78, 5) is 17.5. The normalized spacial score (nSPS) is 15.4. The number of halogens is 1. The molecule has 29 heavy (non-hydrogen) atoms. The molecule has 1 amide bonds. The van der Waals surface area contributed by atoms with E-state index in [0.717, 1.165) is 43.9 Å². The molecule has 0 unspecified atom stereocenters. The Labute approximate surface area is 178 Å². The molecule has 0 spiro atoms. The Hall–Kier alpha value is -2.08. The summed E-state index contributed by atoms with van der Waals surface area (Å²) in [7, 11) is 1.88. The van der Waals surface area contributed by atoms with Crippen LogP contribution >= 0.6 is 11.6 Å². The van der Waals surface area contributed by atoms with Crippen molar-refractivity contribution in [3.05, 3.63) is 58.6 Å². The van der Waals surface area contributed by atoms with Gasteiger partial charge in [-0.25, -0.2) is 0 Å². The summed E-state index contributed by atoms with van der Waals surface area (Å²) in [6, 6.07) is 13.5. The Bertz CT molecular complexity index is 841. The Morgan fingerprint density at radius 2 is 1.97 bits per heavy atom. The number of carbonyl (C=O) groups is 1. The van der Waals surface area contributed by atoms with Crippen molar-refractivity contribution < 1.29 is 9.53 Å². The molecule has 6 heteroatoms. The van der Waals surface area contributed by atoms with Crippen LogP contribution in [0.1, 0.15) is 36.2 Å². The lowest BCUT2D eigenvalue weighted by Gasteiger charge is -2.25. The van der Waals surface area contributed by atoms with Crippen LogP contribution in [0.5, 0.6) is 11.5 Å². The van der Waals surface area contributed by atoms with E-state index in [1.54, 1.807) is 6.07 Å². The lowest BCUT2D eigenvalue weighted by Crippen LogP contribution is -2.37. The number of rotatable bonds is 6. The fourth-order valence-electron chi connectivity index (χ4n) is 3.64. The van der Waals surface area contributed by atoms with Gasteiger partial charge in [-0.3, -0.25) is 9.69 Å². The molecule has 0 radical (unpaired) electrons. The van der Waals surface area contributed by atoms with Gasteiger partial charge < -0.3 is 15.0 Å². The molecule has 2 aromatic carbocycles. The molecule has 0 aromatic heterocycles. The Morgan fingerprint density at radius 1 is 1.14 bits per heavy atom. The number of nitrogens with one attached hydrogen (secondary N) is 1. The molecule has 5 nitrogen and oxygen atoms in total. The van der Waals surface area contributed by atoms with Crippen LogP contribution in [0.15, 0.2) is 42.5 Å². The van der Waals surface area contributed by atoms with Crippen LogP contribution in [0, 0.1) is 0 Å². The highest BCUT2D eigenvalue weighted by molar-refractivity contribution is 6.30. The van der Waals surface area contributed by atoms with Gasteiger partial charge in [-0.2, -0.15) is 0 Å². The van der Waals surface area contributed by atoms with E-state index in [1.807, 2.05) is 48.3 Å². The maximum atomic E-state index is 13.1. The minimum absolute atomic E-state index is 0.0854. The maximum absolute atomic E-state index is 13.1. The minimum Gasteiger partial charge on any atom is -0.457 e. The monoisotopic (exact) mass is 415 g/mol. The van der Waals surface area contributed by atoms with Gasteiger partial charge >= 0.3 is 0 Å². The van der Waals surface area contributed by atoms with E-state index < -0.39 is 0 Å². The van der Waals surface area contributed by atoms with E-state index in [9.17, 15) is 4.79 Å². The fourth-order valence-corrected chi connectivity index (χ4v) is 3.82. The Kier molecular flexibility index (Phi) is 7.53. The van der Waals surface area contributed by atoms with Crippen LogP contribution in [0.3, 0.4) is 0 Å². The molecule has 0 bridgehead atoms. The maximum Gasteiger partial charge on any atom is 0.253 e. The standard InChI is InChI=1S/C23H30ClN3O2/c1-17(2)26-10-5-11-27(13-12-26)23(28)18-8-9-22(19(14-18)16-25-3)29-21-7-4-6-20(24)15-21/h4,6-9,14-15,17,25H,5,10-13,16H2,1-3H3. The molecule has 1 aliphatic heterocycles. The predicted molar refractivity (Wildman–Crippen MR) is 118 cm³/mol. The van der Waals surface area contributed by atoms with Crippen LogP contribution in [-0.2, 0) is 6.54 Å². The van der Waals surface area contributed by atoms with E-state index in [1.165, 1.54) is 0 Å². The minimum atomic E-state index is 0.0854. The molecule has 1 heterocycles. The number of nitrogens with zero attached hydrogens (tertiary/aromatic N) is 2. The quantitative estimate of drug-likeness (QED) is 0.759. The molecular formula is C23H30ClN3O2. The molecule has 1 fully saturated rings. The van der Waals surface area contributed by atoms with Crippen molar-refractivity contribution in [3.63, 3.8) is 0 Å². The second kappa shape index (κ2) is 10.1. The lowest BCUT2D eigenvalue weighted by atomic mass is 10.1. The van der Waals surface area contributed by atoms with Crippen molar-refractivity contribution in [1.29, 1.82) is 0 Å². The van der Waals surface area contributed by atoms with Gasteiger partial charge in [-0.1, -0.05) is 17.7 Å². The number of amides is 1. The SMILES string of the molecule is CNCc1cc(C(=O)N2CCCN(C(C)C)CC2)ccc1Oc1cccc(Cl)c1. The molecule has 1 aliphatic rings. The molecule has 156 valence electrons. The summed E-state index contributed by atoms with van der Waals surface area (Å²) in [5.41, 5.74) is 1.64. The molecule has 2 aromatic rings. The van der Waals surface area contributed by atoms with Gasteiger partial charge in [-0.15, -0.1) is 0 Å². The van der Waals surface area contributed by atoms with E-state index in [4.69, 9.17) is 16.3 Å². The van der Waals surface area contributed by atoms with Crippen molar-refractivity contribution >= 4 is 17.5 Å². The van der Waals surface area contributed by atoms with Crippen LogP contribution in [0.4, 0.5) is 0 Å². The van der Waals surface area contributed by atoms with Gasteiger partial charge in [0.25, 0.3) is 5.91 Å². The fraction of sp³-hybridized carbons (Fsp3) is 0.435. The van der Waals surface area contributed by atoms with Gasteiger partial charge in [-0.05, 0) is 63.7 Å². The molecule has 3 rings (SSSR count). The van der Waals surface area contributed by atoms with Gasteiger partial charge in [0, 0.05) is 54.9 Å². The van der Waals surface area contributed by atoms with E-state index >= 15 is 0 Å². The van der Waals surface area contributed by atoms with Crippen LogP contribution in [0.25, 0.3) is 0 Å². The number of carbonyl (C=O) groups excluding carboxylic acids is 1. The highest BCUT2D eigenvalue weighted by atomic mass is 35.5. The number of ether oxygens (including phenoxy) is 1. The molecule has 0 aliphatic carbocycles.